The molecular weight excluding hydrogens is 322 g/mol. The Hall–Kier alpha value is -1.17. The van der Waals surface area contributed by atoms with Crippen LogP contribution in [0.15, 0.2) is 22.7 Å². The molecular formula is C13H15BrF2O3. The highest BCUT2D eigenvalue weighted by atomic mass is 79.9. The number of halogens is 3. The van der Waals surface area contributed by atoms with Gasteiger partial charge in [0, 0.05) is 10.9 Å². The van der Waals surface area contributed by atoms with Crippen LogP contribution in [0.5, 0.6) is 5.75 Å². The van der Waals surface area contributed by atoms with E-state index in [0.717, 1.165) is 0 Å². The second kappa shape index (κ2) is 6.32. The fourth-order valence-electron chi connectivity index (χ4n) is 1.49. The van der Waals surface area contributed by atoms with Crippen LogP contribution >= 0.6 is 15.9 Å². The third-order valence-electron chi connectivity index (χ3n) is 2.62. The number of benzene rings is 1. The molecule has 0 aliphatic heterocycles. The first kappa shape index (κ1) is 15.9. The van der Waals surface area contributed by atoms with Gasteiger partial charge in [0.2, 0.25) is 0 Å². The Bertz CT molecular complexity index is 463. The summed E-state index contributed by atoms with van der Waals surface area (Å²) in [6, 6.07) is 4.28. The van der Waals surface area contributed by atoms with Gasteiger partial charge in [-0.1, -0.05) is 22.9 Å². The molecule has 0 heterocycles. The van der Waals surface area contributed by atoms with Gasteiger partial charge >= 0.3 is 5.97 Å². The highest BCUT2D eigenvalue weighted by Gasteiger charge is 2.33. The number of esters is 1. The zero-order valence-corrected chi connectivity index (χ0v) is 12.5. The number of rotatable bonds is 5. The van der Waals surface area contributed by atoms with Crippen molar-refractivity contribution in [1.82, 2.24) is 0 Å². The lowest BCUT2D eigenvalue weighted by Crippen LogP contribution is -2.26. The molecule has 0 fully saturated rings. The predicted octanol–water partition coefficient (Wildman–Crippen LogP) is 3.89. The van der Waals surface area contributed by atoms with Crippen molar-refractivity contribution in [3.05, 3.63) is 28.2 Å². The maximum absolute atomic E-state index is 13.8. The molecule has 1 aromatic rings. The average molecular weight is 337 g/mol. The van der Waals surface area contributed by atoms with E-state index in [4.69, 9.17) is 4.74 Å². The van der Waals surface area contributed by atoms with E-state index in [2.05, 4.69) is 20.7 Å². The lowest BCUT2D eigenvalue weighted by Gasteiger charge is -2.21. The Morgan fingerprint density at radius 3 is 2.63 bits per heavy atom. The van der Waals surface area contributed by atoms with Gasteiger partial charge in [-0.3, -0.25) is 0 Å². The zero-order chi connectivity index (χ0) is 14.6. The zero-order valence-electron chi connectivity index (χ0n) is 10.9. The number of carbonyl (C=O) groups excluding carboxylic acids is 1. The molecule has 0 aromatic heterocycles. The molecule has 106 valence electrons. The van der Waals surface area contributed by atoms with E-state index in [9.17, 15) is 13.6 Å². The number of hydrogen-bond acceptors (Lipinski definition) is 3. The number of carbonyl (C=O) groups is 1. The van der Waals surface area contributed by atoms with Crippen molar-refractivity contribution in [2.45, 2.75) is 32.3 Å². The van der Waals surface area contributed by atoms with E-state index >= 15 is 0 Å². The smallest absolute Gasteiger partial charge is 0.346 e. The van der Waals surface area contributed by atoms with Crippen LogP contribution < -0.4 is 4.74 Å². The molecule has 0 bridgehead atoms. The van der Waals surface area contributed by atoms with E-state index in [1.807, 2.05) is 0 Å². The molecule has 19 heavy (non-hydrogen) atoms. The molecule has 0 radical (unpaired) electrons. The Labute approximate surface area is 119 Å². The summed E-state index contributed by atoms with van der Waals surface area (Å²) < 4.78 is 38.0. The van der Waals surface area contributed by atoms with Crippen LogP contribution in [0.3, 0.4) is 0 Å². The Balaban J connectivity index is 3.11. The summed E-state index contributed by atoms with van der Waals surface area (Å²) in [5.41, 5.74) is -0.250. The van der Waals surface area contributed by atoms with Gasteiger partial charge in [0.05, 0.1) is 12.7 Å². The standard InChI is InChI=1S/C13H15BrF2O3/c1-4-13(15,16)10-7-9(14)5-6-11(10)19-8(2)12(17)18-3/h5-8H,4H2,1-3H3. The summed E-state index contributed by atoms with van der Waals surface area (Å²) in [5, 5.41) is 0. The molecule has 6 heteroatoms. The summed E-state index contributed by atoms with van der Waals surface area (Å²) in [6.45, 7) is 2.83. The summed E-state index contributed by atoms with van der Waals surface area (Å²) in [4.78, 5) is 11.3. The van der Waals surface area contributed by atoms with E-state index < -0.39 is 18.0 Å². The topological polar surface area (TPSA) is 35.5 Å². The molecule has 0 spiro atoms. The van der Waals surface area contributed by atoms with Crippen molar-refractivity contribution >= 4 is 21.9 Å². The molecule has 1 aromatic carbocycles. The minimum absolute atomic E-state index is 0.0204. The van der Waals surface area contributed by atoms with E-state index in [0.29, 0.717) is 4.47 Å². The normalized spacial score (nSPS) is 12.9. The molecule has 1 unspecified atom stereocenters. The molecule has 0 saturated heterocycles. The summed E-state index contributed by atoms with van der Waals surface area (Å²) in [6.07, 6.45) is -1.30. The molecule has 0 aliphatic rings. The molecule has 1 rings (SSSR count). The second-order valence-electron chi connectivity index (χ2n) is 3.98. The van der Waals surface area contributed by atoms with Crippen molar-refractivity contribution in [3.8, 4) is 5.75 Å². The number of methoxy groups -OCH3 is 1. The first-order chi connectivity index (χ1) is 8.81. The van der Waals surface area contributed by atoms with Crippen molar-refractivity contribution < 1.29 is 23.0 Å². The second-order valence-corrected chi connectivity index (χ2v) is 4.90. The third-order valence-corrected chi connectivity index (χ3v) is 3.11. The van der Waals surface area contributed by atoms with Gasteiger partial charge in [-0.25, -0.2) is 13.6 Å². The Kier molecular flexibility index (Phi) is 5.29. The fourth-order valence-corrected chi connectivity index (χ4v) is 1.85. The van der Waals surface area contributed by atoms with Gasteiger partial charge in [0.1, 0.15) is 5.75 Å². The van der Waals surface area contributed by atoms with Crippen LogP contribution in [-0.4, -0.2) is 19.2 Å². The summed E-state index contributed by atoms with van der Waals surface area (Å²) in [5.74, 6) is -3.66. The molecule has 0 saturated carbocycles. The van der Waals surface area contributed by atoms with Gasteiger partial charge in [-0.2, -0.15) is 0 Å². The van der Waals surface area contributed by atoms with E-state index in [1.54, 1.807) is 6.07 Å². The summed E-state index contributed by atoms with van der Waals surface area (Å²) in [7, 11) is 1.21. The van der Waals surface area contributed by atoms with E-state index in [-0.39, 0.29) is 17.7 Å². The SMILES string of the molecule is CCC(F)(F)c1cc(Br)ccc1OC(C)C(=O)OC. The quantitative estimate of drug-likeness (QED) is 0.765. The van der Waals surface area contributed by atoms with Crippen LogP contribution in [0, 0.1) is 0 Å². The molecule has 0 amide bonds. The van der Waals surface area contributed by atoms with Gasteiger partial charge in [0.25, 0.3) is 5.92 Å². The van der Waals surface area contributed by atoms with E-state index in [1.165, 1.54) is 33.1 Å². The number of ether oxygens (including phenoxy) is 2. The lowest BCUT2D eigenvalue weighted by molar-refractivity contribution is -0.148. The molecule has 3 nitrogen and oxygen atoms in total. The van der Waals surface area contributed by atoms with Gasteiger partial charge < -0.3 is 9.47 Å². The maximum atomic E-state index is 13.8. The number of hydrogen-bond donors (Lipinski definition) is 0. The van der Waals surface area contributed by atoms with Crippen molar-refractivity contribution in [2.24, 2.45) is 0 Å². The monoisotopic (exact) mass is 336 g/mol. The lowest BCUT2D eigenvalue weighted by atomic mass is 10.1. The summed E-state index contributed by atoms with van der Waals surface area (Å²) >= 11 is 3.15. The van der Waals surface area contributed by atoms with Crippen LogP contribution in [0.25, 0.3) is 0 Å². The van der Waals surface area contributed by atoms with Crippen LogP contribution in [0.1, 0.15) is 25.8 Å². The minimum atomic E-state index is -3.02. The van der Waals surface area contributed by atoms with Gasteiger partial charge in [-0.05, 0) is 25.1 Å². The molecule has 1 atom stereocenters. The van der Waals surface area contributed by atoms with Crippen molar-refractivity contribution in [3.63, 3.8) is 0 Å². The minimum Gasteiger partial charge on any atom is -0.479 e. The van der Waals surface area contributed by atoms with Crippen LogP contribution in [0.2, 0.25) is 0 Å². The van der Waals surface area contributed by atoms with Crippen molar-refractivity contribution in [1.29, 1.82) is 0 Å². The molecule has 0 N–H and O–H groups in total. The molecule has 0 aliphatic carbocycles. The highest BCUT2D eigenvalue weighted by Crippen LogP contribution is 2.39. The van der Waals surface area contributed by atoms with Gasteiger partial charge in [-0.15, -0.1) is 0 Å². The fraction of sp³-hybridized carbons (Fsp3) is 0.462. The third kappa shape index (κ3) is 3.89. The van der Waals surface area contributed by atoms with Crippen LogP contribution in [0.4, 0.5) is 8.78 Å². The first-order valence-corrected chi connectivity index (χ1v) is 6.53. The Morgan fingerprint density at radius 1 is 1.47 bits per heavy atom. The number of alkyl halides is 2. The largest absolute Gasteiger partial charge is 0.479 e. The van der Waals surface area contributed by atoms with Gasteiger partial charge in [0.15, 0.2) is 6.10 Å². The maximum Gasteiger partial charge on any atom is 0.346 e. The first-order valence-electron chi connectivity index (χ1n) is 5.74. The highest BCUT2D eigenvalue weighted by molar-refractivity contribution is 9.10. The average Bonchev–Trinajstić information content (AvgIpc) is 2.39. The van der Waals surface area contributed by atoms with Crippen LogP contribution in [-0.2, 0) is 15.5 Å². The Morgan fingerprint density at radius 2 is 2.11 bits per heavy atom. The predicted molar refractivity (Wildman–Crippen MR) is 70.4 cm³/mol. The van der Waals surface area contributed by atoms with Crippen molar-refractivity contribution in [2.75, 3.05) is 7.11 Å².